The summed E-state index contributed by atoms with van der Waals surface area (Å²) in [5, 5.41) is 4.77. The minimum Gasteiger partial charge on any atom is -0.486 e. The fourth-order valence-corrected chi connectivity index (χ4v) is 4.55. The normalized spacial score (nSPS) is 16.5. The Balaban J connectivity index is 1.37. The molecule has 3 aromatic rings. The van der Waals surface area contributed by atoms with E-state index < -0.39 is 0 Å². The second-order valence-corrected chi connectivity index (χ2v) is 8.34. The molecule has 0 radical (unpaired) electrons. The lowest BCUT2D eigenvalue weighted by atomic mass is 10.1. The number of ether oxygens (including phenoxy) is 2. The van der Waals surface area contributed by atoms with E-state index in [2.05, 4.69) is 10.1 Å². The minimum absolute atomic E-state index is 0.186. The number of rotatable bonds is 7. The van der Waals surface area contributed by atoms with Crippen LogP contribution in [0, 0.1) is 0 Å². The number of thioether (sulfide) groups is 1. The molecule has 0 bridgehead atoms. The van der Waals surface area contributed by atoms with Gasteiger partial charge in [0.1, 0.15) is 24.1 Å². The van der Waals surface area contributed by atoms with Crippen molar-refractivity contribution < 1.29 is 18.8 Å². The molecule has 4 rings (SSSR count). The van der Waals surface area contributed by atoms with Gasteiger partial charge in [-0.05, 0) is 29.8 Å². The van der Waals surface area contributed by atoms with E-state index in [1.165, 1.54) is 7.11 Å². The number of nitrogens with zero attached hydrogens (tertiary/aromatic N) is 2. The van der Waals surface area contributed by atoms with Gasteiger partial charge in [0.25, 0.3) is 0 Å². The van der Waals surface area contributed by atoms with Crippen molar-refractivity contribution in [1.82, 2.24) is 10.1 Å². The number of hydrogen-bond acceptors (Lipinski definition) is 7. The first-order valence-electron chi connectivity index (χ1n) is 9.45. The average molecular weight is 445 g/mol. The highest BCUT2D eigenvalue weighted by molar-refractivity contribution is 7.99. The topological polar surface area (TPSA) is 64.8 Å². The van der Waals surface area contributed by atoms with Crippen LogP contribution < -0.4 is 4.74 Å². The summed E-state index contributed by atoms with van der Waals surface area (Å²) < 4.78 is 16.2. The Morgan fingerprint density at radius 3 is 2.90 bits per heavy atom. The van der Waals surface area contributed by atoms with Crippen LogP contribution in [0.5, 0.6) is 5.75 Å². The van der Waals surface area contributed by atoms with E-state index >= 15 is 0 Å². The van der Waals surface area contributed by atoms with Crippen LogP contribution in [0.2, 0.25) is 5.02 Å². The molecule has 2 heterocycles. The van der Waals surface area contributed by atoms with Gasteiger partial charge >= 0.3 is 5.97 Å². The second-order valence-electron chi connectivity index (χ2n) is 6.91. The maximum Gasteiger partial charge on any atom is 0.323 e. The molecular weight excluding hydrogens is 424 g/mol. The Hall–Kier alpha value is -2.48. The van der Waals surface area contributed by atoms with E-state index in [1.54, 1.807) is 11.8 Å². The molecule has 1 aromatic heterocycles. The number of methoxy groups -OCH3 is 1. The fraction of sp³-hybridized carbons (Fsp3) is 0.273. The van der Waals surface area contributed by atoms with Gasteiger partial charge in [-0.1, -0.05) is 41.0 Å². The number of carbonyl (C=O) groups excluding carboxylic acids is 1. The Bertz CT molecular complexity index is 1010. The third-order valence-corrected chi connectivity index (χ3v) is 6.13. The van der Waals surface area contributed by atoms with Crippen LogP contribution in [-0.2, 0) is 22.7 Å². The molecule has 1 aliphatic heterocycles. The van der Waals surface area contributed by atoms with Gasteiger partial charge in [-0.15, -0.1) is 11.8 Å². The standard InChI is InChI=1S/C22H21ClN2O4S/c1-27-22(26)21-13-30-14-25(21)11-15-3-2-4-18(9-15)28-12-19-10-20(24-29-19)16-5-7-17(23)8-6-16/h2-10,21H,11-14H2,1H3. The zero-order chi connectivity index (χ0) is 20.9. The predicted molar refractivity (Wildman–Crippen MR) is 116 cm³/mol. The first-order valence-corrected chi connectivity index (χ1v) is 11.0. The third-order valence-electron chi connectivity index (χ3n) is 4.81. The lowest BCUT2D eigenvalue weighted by molar-refractivity contribution is -0.145. The van der Waals surface area contributed by atoms with E-state index in [0.717, 1.165) is 34.2 Å². The number of carbonyl (C=O) groups is 1. The van der Waals surface area contributed by atoms with Crippen molar-refractivity contribution in [3.05, 3.63) is 70.9 Å². The van der Waals surface area contributed by atoms with Crippen LogP contribution in [-0.4, -0.2) is 40.8 Å². The number of hydrogen-bond donors (Lipinski definition) is 0. The van der Waals surface area contributed by atoms with E-state index in [0.29, 0.717) is 17.3 Å². The molecule has 1 fully saturated rings. The van der Waals surface area contributed by atoms with Crippen molar-refractivity contribution in [2.45, 2.75) is 19.2 Å². The summed E-state index contributed by atoms with van der Waals surface area (Å²) in [5.74, 6) is 2.74. The van der Waals surface area contributed by atoms with E-state index in [4.69, 9.17) is 25.6 Å². The Kier molecular flexibility index (Phi) is 6.62. The SMILES string of the molecule is COC(=O)C1CSCN1Cc1cccc(OCc2cc(-c3ccc(Cl)cc3)no2)c1. The molecule has 156 valence electrons. The molecule has 0 aliphatic carbocycles. The molecule has 0 amide bonds. The number of esters is 1. The Labute approximate surface area is 184 Å². The van der Waals surface area contributed by atoms with Crippen LogP contribution in [0.3, 0.4) is 0 Å². The van der Waals surface area contributed by atoms with E-state index in [-0.39, 0.29) is 18.6 Å². The molecule has 0 saturated carbocycles. The van der Waals surface area contributed by atoms with Gasteiger partial charge in [0.05, 0.1) is 7.11 Å². The highest BCUT2D eigenvalue weighted by Gasteiger charge is 2.31. The Morgan fingerprint density at radius 1 is 1.27 bits per heavy atom. The third kappa shape index (κ3) is 4.98. The highest BCUT2D eigenvalue weighted by Crippen LogP contribution is 2.26. The van der Waals surface area contributed by atoms with Crippen LogP contribution in [0.25, 0.3) is 11.3 Å². The maximum absolute atomic E-state index is 11.9. The molecule has 2 aromatic carbocycles. The monoisotopic (exact) mass is 444 g/mol. The largest absolute Gasteiger partial charge is 0.486 e. The molecule has 1 atom stereocenters. The minimum atomic E-state index is -0.204. The van der Waals surface area contributed by atoms with E-state index in [1.807, 2.05) is 54.6 Å². The van der Waals surface area contributed by atoms with Crippen LogP contribution in [0.15, 0.2) is 59.1 Å². The van der Waals surface area contributed by atoms with Gasteiger partial charge in [0.2, 0.25) is 0 Å². The lowest BCUT2D eigenvalue weighted by Crippen LogP contribution is -2.38. The quantitative estimate of drug-likeness (QED) is 0.492. The molecule has 1 unspecified atom stereocenters. The van der Waals surface area contributed by atoms with Crippen molar-refractivity contribution in [1.29, 1.82) is 0 Å². The summed E-state index contributed by atoms with van der Waals surface area (Å²) in [5.41, 5.74) is 2.74. The predicted octanol–water partition coefficient (Wildman–Crippen LogP) is 4.62. The summed E-state index contributed by atoms with van der Waals surface area (Å²) in [7, 11) is 1.43. The molecule has 0 N–H and O–H groups in total. The molecule has 8 heteroatoms. The van der Waals surface area contributed by atoms with Gasteiger partial charge in [-0.25, -0.2) is 0 Å². The summed E-state index contributed by atoms with van der Waals surface area (Å²) >= 11 is 7.66. The summed E-state index contributed by atoms with van der Waals surface area (Å²) in [6.07, 6.45) is 0. The zero-order valence-corrected chi connectivity index (χ0v) is 18.0. The number of halogens is 1. The fourth-order valence-electron chi connectivity index (χ4n) is 3.25. The van der Waals surface area contributed by atoms with Gasteiger partial charge in [0.15, 0.2) is 5.76 Å². The molecule has 6 nitrogen and oxygen atoms in total. The van der Waals surface area contributed by atoms with Crippen LogP contribution in [0.4, 0.5) is 0 Å². The molecule has 0 spiro atoms. The van der Waals surface area contributed by atoms with Gasteiger partial charge in [-0.3, -0.25) is 9.69 Å². The highest BCUT2D eigenvalue weighted by atomic mass is 35.5. The van der Waals surface area contributed by atoms with Crippen LogP contribution >= 0.6 is 23.4 Å². The van der Waals surface area contributed by atoms with Gasteiger partial charge in [-0.2, -0.15) is 0 Å². The van der Waals surface area contributed by atoms with Gasteiger partial charge in [0, 0.05) is 34.8 Å². The molecule has 1 aliphatic rings. The van der Waals surface area contributed by atoms with Crippen molar-refractivity contribution in [2.24, 2.45) is 0 Å². The summed E-state index contributed by atoms with van der Waals surface area (Å²) in [6, 6.07) is 16.9. The number of aromatic nitrogens is 1. The van der Waals surface area contributed by atoms with Crippen LogP contribution in [0.1, 0.15) is 11.3 Å². The zero-order valence-electron chi connectivity index (χ0n) is 16.4. The Morgan fingerprint density at radius 2 is 2.10 bits per heavy atom. The van der Waals surface area contributed by atoms with Crippen molar-refractivity contribution in [3.8, 4) is 17.0 Å². The van der Waals surface area contributed by atoms with Crippen molar-refractivity contribution >= 4 is 29.3 Å². The summed E-state index contributed by atoms with van der Waals surface area (Å²) in [4.78, 5) is 14.1. The summed E-state index contributed by atoms with van der Waals surface area (Å²) in [6.45, 7) is 0.932. The first kappa shape index (κ1) is 20.8. The molecule has 1 saturated heterocycles. The molecule has 30 heavy (non-hydrogen) atoms. The first-order chi connectivity index (χ1) is 14.6. The lowest BCUT2D eigenvalue weighted by Gasteiger charge is -2.21. The van der Waals surface area contributed by atoms with Crippen molar-refractivity contribution in [3.63, 3.8) is 0 Å². The molecular formula is C22H21ClN2O4S. The number of benzene rings is 2. The van der Waals surface area contributed by atoms with Gasteiger partial charge < -0.3 is 14.0 Å². The van der Waals surface area contributed by atoms with E-state index in [9.17, 15) is 4.79 Å². The smallest absolute Gasteiger partial charge is 0.323 e. The second kappa shape index (κ2) is 9.55. The average Bonchev–Trinajstić information content (AvgIpc) is 3.42. The van der Waals surface area contributed by atoms with Crippen molar-refractivity contribution in [2.75, 3.05) is 18.7 Å². The maximum atomic E-state index is 11.9.